The first kappa shape index (κ1) is 18.2. The first-order chi connectivity index (χ1) is 11.9. The van der Waals surface area contributed by atoms with Crippen molar-refractivity contribution in [2.45, 2.75) is 37.6 Å². The number of benzene rings is 2. The van der Waals surface area contributed by atoms with Gasteiger partial charge in [0, 0.05) is 27.6 Å². The first-order valence-electron chi connectivity index (χ1n) is 8.26. The Morgan fingerprint density at radius 1 is 1.16 bits per heavy atom. The highest BCUT2D eigenvalue weighted by molar-refractivity contribution is 9.10. The highest BCUT2D eigenvalue weighted by Gasteiger charge is 2.21. The molecule has 0 radical (unpaired) electrons. The number of halogens is 1. The van der Waals surface area contributed by atoms with Gasteiger partial charge in [0.2, 0.25) is 10.0 Å². The molecule has 3 rings (SSSR count). The van der Waals surface area contributed by atoms with E-state index in [2.05, 4.69) is 25.6 Å². The van der Waals surface area contributed by atoms with Crippen molar-refractivity contribution in [3.05, 3.63) is 64.3 Å². The fourth-order valence-electron chi connectivity index (χ4n) is 3.09. The van der Waals surface area contributed by atoms with Gasteiger partial charge in [0.25, 0.3) is 0 Å². The molecule has 1 aromatic heterocycles. The van der Waals surface area contributed by atoms with Crippen molar-refractivity contribution < 1.29 is 8.42 Å². The molecule has 132 valence electrons. The summed E-state index contributed by atoms with van der Waals surface area (Å²) in [7, 11) is -3.56. The molecular weight excluding hydrogens is 400 g/mol. The second-order valence-electron chi connectivity index (χ2n) is 6.19. The molecule has 3 aromatic rings. The number of rotatable bonds is 6. The van der Waals surface area contributed by atoms with Gasteiger partial charge in [-0.3, -0.25) is 0 Å². The van der Waals surface area contributed by atoms with Gasteiger partial charge in [-0.25, -0.2) is 13.1 Å². The van der Waals surface area contributed by atoms with E-state index in [1.807, 2.05) is 50.4 Å². The largest absolute Gasteiger partial charge is 0.361 e. The number of aryl methyl sites for hydroxylation is 1. The molecule has 0 aliphatic rings. The lowest BCUT2D eigenvalue weighted by Gasteiger charge is -2.16. The number of aromatic nitrogens is 1. The van der Waals surface area contributed by atoms with Crippen LogP contribution in [0, 0.1) is 0 Å². The third-order valence-corrected chi connectivity index (χ3v) is 6.43. The second-order valence-corrected chi connectivity index (χ2v) is 8.79. The van der Waals surface area contributed by atoms with Gasteiger partial charge in [-0.05, 0) is 55.2 Å². The van der Waals surface area contributed by atoms with E-state index >= 15 is 0 Å². The summed E-state index contributed by atoms with van der Waals surface area (Å²) in [5.74, 6) is 0. The number of para-hydroxylation sites is 1. The highest BCUT2D eigenvalue weighted by Crippen LogP contribution is 2.23. The summed E-state index contributed by atoms with van der Waals surface area (Å²) in [6.07, 6.45) is 3.24. The Bertz CT molecular complexity index is 996. The molecule has 4 nitrogen and oxygen atoms in total. The van der Waals surface area contributed by atoms with Crippen molar-refractivity contribution >= 4 is 36.9 Å². The average Bonchev–Trinajstić information content (AvgIpc) is 2.97. The quantitative estimate of drug-likeness (QED) is 0.620. The lowest BCUT2D eigenvalue weighted by Crippen LogP contribution is -2.34. The van der Waals surface area contributed by atoms with Crippen LogP contribution in [0.2, 0.25) is 0 Å². The zero-order chi connectivity index (χ0) is 18.0. The Hall–Kier alpha value is -1.63. The van der Waals surface area contributed by atoms with E-state index < -0.39 is 10.0 Å². The first-order valence-corrected chi connectivity index (χ1v) is 10.5. The van der Waals surface area contributed by atoms with Crippen molar-refractivity contribution in [2.24, 2.45) is 0 Å². The fourth-order valence-corrected chi connectivity index (χ4v) is 5.03. The Balaban J connectivity index is 1.81. The molecule has 0 spiro atoms. The van der Waals surface area contributed by atoms with Crippen molar-refractivity contribution in [3.63, 3.8) is 0 Å². The van der Waals surface area contributed by atoms with Crippen LogP contribution in [0.5, 0.6) is 0 Å². The summed E-state index contributed by atoms with van der Waals surface area (Å²) in [5, 5.41) is 1.13. The van der Waals surface area contributed by atoms with Gasteiger partial charge in [0.1, 0.15) is 0 Å². The molecule has 2 aromatic carbocycles. The Labute approximate surface area is 156 Å². The van der Waals surface area contributed by atoms with E-state index in [1.165, 1.54) is 0 Å². The Morgan fingerprint density at radius 2 is 1.92 bits per heavy atom. The van der Waals surface area contributed by atoms with Crippen LogP contribution in [0.1, 0.15) is 25.0 Å². The van der Waals surface area contributed by atoms with E-state index in [9.17, 15) is 8.42 Å². The van der Waals surface area contributed by atoms with Crippen molar-refractivity contribution in [3.8, 4) is 0 Å². The van der Waals surface area contributed by atoms with Gasteiger partial charge in [-0.1, -0.05) is 41.1 Å². The maximum absolute atomic E-state index is 12.8. The molecule has 1 atom stereocenters. The van der Waals surface area contributed by atoms with E-state index in [0.29, 0.717) is 17.7 Å². The SMILES string of the molecule is CCc1cc(Br)ccc1S(=O)(=O)NC(C)Cc1c[nH]c2ccccc12. The predicted molar refractivity (Wildman–Crippen MR) is 105 cm³/mol. The molecule has 0 saturated carbocycles. The summed E-state index contributed by atoms with van der Waals surface area (Å²) in [5.41, 5.74) is 2.98. The number of aromatic amines is 1. The van der Waals surface area contributed by atoms with E-state index in [1.54, 1.807) is 12.1 Å². The summed E-state index contributed by atoms with van der Waals surface area (Å²) in [4.78, 5) is 3.58. The zero-order valence-electron chi connectivity index (χ0n) is 14.2. The molecule has 6 heteroatoms. The summed E-state index contributed by atoms with van der Waals surface area (Å²) in [6.45, 7) is 3.85. The van der Waals surface area contributed by atoms with Crippen LogP contribution in [0.3, 0.4) is 0 Å². The van der Waals surface area contributed by atoms with Gasteiger partial charge < -0.3 is 4.98 Å². The average molecular weight is 421 g/mol. The van der Waals surface area contributed by atoms with E-state index in [4.69, 9.17) is 0 Å². The third kappa shape index (κ3) is 3.97. The molecule has 2 N–H and O–H groups in total. The minimum absolute atomic E-state index is 0.211. The number of hydrogen-bond donors (Lipinski definition) is 2. The minimum Gasteiger partial charge on any atom is -0.361 e. The highest BCUT2D eigenvalue weighted by atomic mass is 79.9. The minimum atomic E-state index is -3.56. The van der Waals surface area contributed by atoms with Crippen LogP contribution in [-0.4, -0.2) is 19.4 Å². The molecular formula is C19H21BrN2O2S. The van der Waals surface area contributed by atoms with Crippen molar-refractivity contribution in [1.82, 2.24) is 9.71 Å². The molecule has 0 fully saturated rings. The molecule has 0 amide bonds. The third-order valence-electron chi connectivity index (χ3n) is 4.25. The van der Waals surface area contributed by atoms with Crippen LogP contribution in [0.15, 0.2) is 58.0 Å². The van der Waals surface area contributed by atoms with Crippen molar-refractivity contribution in [2.75, 3.05) is 0 Å². The van der Waals surface area contributed by atoms with Crippen molar-refractivity contribution in [1.29, 1.82) is 0 Å². The molecule has 1 unspecified atom stereocenters. The maximum atomic E-state index is 12.8. The van der Waals surface area contributed by atoms with E-state index in [-0.39, 0.29) is 6.04 Å². The smallest absolute Gasteiger partial charge is 0.241 e. The fraction of sp³-hybridized carbons (Fsp3) is 0.263. The van der Waals surface area contributed by atoms with Crippen LogP contribution in [0.4, 0.5) is 0 Å². The Kier molecular flexibility index (Phi) is 5.32. The molecule has 0 saturated heterocycles. The molecule has 0 bridgehead atoms. The van der Waals surface area contributed by atoms with Gasteiger partial charge in [-0.15, -0.1) is 0 Å². The zero-order valence-corrected chi connectivity index (χ0v) is 16.6. The number of fused-ring (bicyclic) bond motifs is 1. The van der Waals surface area contributed by atoms with Gasteiger partial charge in [0.05, 0.1) is 4.90 Å². The number of H-pyrrole nitrogens is 1. The predicted octanol–water partition coefficient (Wildman–Crippen LogP) is 4.40. The normalized spacial score (nSPS) is 13.2. The second kappa shape index (κ2) is 7.32. The van der Waals surface area contributed by atoms with Crippen LogP contribution >= 0.6 is 15.9 Å². The van der Waals surface area contributed by atoms with Crippen LogP contribution in [-0.2, 0) is 22.9 Å². The van der Waals surface area contributed by atoms with Gasteiger partial charge in [-0.2, -0.15) is 0 Å². The van der Waals surface area contributed by atoms with Gasteiger partial charge in [0.15, 0.2) is 0 Å². The van der Waals surface area contributed by atoms with E-state index in [0.717, 1.165) is 26.5 Å². The lowest BCUT2D eigenvalue weighted by molar-refractivity contribution is 0.559. The standard InChI is InChI=1S/C19H21BrN2O2S/c1-3-14-11-16(20)8-9-19(14)25(23,24)22-13(2)10-15-12-21-18-7-5-4-6-17(15)18/h4-9,11-13,21-22H,3,10H2,1-2H3. The van der Waals surface area contributed by atoms with Gasteiger partial charge >= 0.3 is 0 Å². The maximum Gasteiger partial charge on any atom is 0.241 e. The van der Waals surface area contributed by atoms with Crippen LogP contribution < -0.4 is 4.72 Å². The van der Waals surface area contributed by atoms with Crippen LogP contribution in [0.25, 0.3) is 10.9 Å². The monoisotopic (exact) mass is 420 g/mol. The summed E-state index contributed by atoms with van der Waals surface area (Å²) >= 11 is 3.40. The topological polar surface area (TPSA) is 62.0 Å². The summed E-state index contributed by atoms with van der Waals surface area (Å²) in [6, 6.07) is 13.1. The Morgan fingerprint density at radius 3 is 2.68 bits per heavy atom. The molecule has 0 aliphatic heterocycles. The molecule has 0 aliphatic carbocycles. The number of sulfonamides is 1. The summed E-state index contributed by atoms with van der Waals surface area (Å²) < 4.78 is 29.3. The number of nitrogens with one attached hydrogen (secondary N) is 2. The molecule has 1 heterocycles. The lowest BCUT2D eigenvalue weighted by atomic mass is 10.1. The number of hydrogen-bond acceptors (Lipinski definition) is 2. The molecule has 25 heavy (non-hydrogen) atoms.